The lowest BCUT2D eigenvalue weighted by molar-refractivity contribution is -0.0341. The summed E-state index contributed by atoms with van der Waals surface area (Å²) in [5.41, 5.74) is -0.486. The first-order chi connectivity index (χ1) is 15.0. The van der Waals surface area contributed by atoms with Gasteiger partial charge in [0.15, 0.2) is 0 Å². The topological polar surface area (TPSA) is 130 Å². The summed E-state index contributed by atoms with van der Waals surface area (Å²) >= 11 is 0. The van der Waals surface area contributed by atoms with Crippen molar-refractivity contribution in [1.82, 2.24) is 5.32 Å². The Balaban J connectivity index is 1.97. The smallest absolute Gasteiger partial charge is 0.407 e. The van der Waals surface area contributed by atoms with Gasteiger partial charge in [0, 0.05) is 6.04 Å². The van der Waals surface area contributed by atoms with Crippen molar-refractivity contribution in [3.8, 4) is 0 Å². The zero-order chi connectivity index (χ0) is 24.0. The van der Waals surface area contributed by atoms with Gasteiger partial charge in [0.1, 0.15) is 5.60 Å². The lowest BCUT2D eigenvalue weighted by atomic mass is 9.83. The predicted molar refractivity (Wildman–Crippen MR) is 119 cm³/mol. The molecule has 1 rings (SSSR count). The van der Waals surface area contributed by atoms with Crippen molar-refractivity contribution in [3.05, 3.63) is 0 Å². The van der Waals surface area contributed by atoms with E-state index in [1.807, 2.05) is 20.8 Å². The molecule has 1 saturated carbocycles. The van der Waals surface area contributed by atoms with Gasteiger partial charge < -0.3 is 29.0 Å². The maximum Gasteiger partial charge on any atom is 0.407 e. The van der Waals surface area contributed by atoms with Crippen LogP contribution < -0.4 is 5.32 Å². The van der Waals surface area contributed by atoms with Gasteiger partial charge in [-0.15, -0.1) is 0 Å². The third-order valence-electron chi connectivity index (χ3n) is 4.99. The van der Waals surface area contributed by atoms with Crippen LogP contribution in [-0.4, -0.2) is 88.8 Å². The van der Waals surface area contributed by atoms with Gasteiger partial charge in [0.2, 0.25) is 0 Å². The molecule has 1 aliphatic rings. The first-order valence-electron chi connectivity index (χ1n) is 11.3. The van der Waals surface area contributed by atoms with Crippen molar-refractivity contribution in [2.75, 3.05) is 52.0 Å². The van der Waals surface area contributed by atoms with E-state index in [-0.39, 0.29) is 31.5 Å². The van der Waals surface area contributed by atoms with E-state index in [4.69, 9.17) is 28.2 Å². The standard InChI is InChI=1S/C21H41NO9S/c1-17(18-5-7-19(8-6-18)22-20(23)31-21(2,3)4)30-14-13-28-10-9-27-11-12-29-15-16-32(24,25)26/h17-19H,5-16H2,1-4H3,(H,22,23)(H,24,25,26). The summed E-state index contributed by atoms with van der Waals surface area (Å²) in [5.74, 6) is 0.0507. The molecule has 0 aliphatic heterocycles. The molecule has 0 radical (unpaired) electrons. The van der Waals surface area contributed by atoms with Crippen LogP contribution in [0.25, 0.3) is 0 Å². The number of hydrogen-bond acceptors (Lipinski definition) is 8. The summed E-state index contributed by atoms with van der Waals surface area (Å²) in [6.07, 6.45) is 3.63. The van der Waals surface area contributed by atoms with Crippen LogP contribution in [0.15, 0.2) is 0 Å². The van der Waals surface area contributed by atoms with Crippen molar-refractivity contribution >= 4 is 16.2 Å². The number of alkyl carbamates (subject to hydrolysis) is 1. The third kappa shape index (κ3) is 15.8. The van der Waals surface area contributed by atoms with E-state index in [1.165, 1.54) is 0 Å². The molecule has 0 aromatic carbocycles. The minimum Gasteiger partial charge on any atom is -0.444 e. The van der Waals surface area contributed by atoms with Gasteiger partial charge in [-0.3, -0.25) is 4.55 Å². The number of carbonyl (C=O) groups excluding carboxylic acids is 1. The monoisotopic (exact) mass is 483 g/mol. The quantitative estimate of drug-likeness (QED) is 0.266. The number of rotatable bonds is 15. The Hall–Kier alpha value is -0.980. The van der Waals surface area contributed by atoms with Gasteiger partial charge in [0.25, 0.3) is 10.1 Å². The van der Waals surface area contributed by atoms with Crippen molar-refractivity contribution in [2.24, 2.45) is 5.92 Å². The maximum atomic E-state index is 11.9. The van der Waals surface area contributed by atoms with Crippen molar-refractivity contribution in [1.29, 1.82) is 0 Å². The molecule has 0 heterocycles. The van der Waals surface area contributed by atoms with Gasteiger partial charge in [-0.05, 0) is 59.3 Å². The molecular formula is C21H41NO9S. The summed E-state index contributed by atoms with van der Waals surface area (Å²) < 4.78 is 56.6. The average molecular weight is 484 g/mol. The van der Waals surface area contributed by atoms with Crippen LogP contribution >= 0.6 is 0 Å². The normalized spacial score (nSPS) is 20.7. The van der Waals surface area contributed by atoms with Gasteiger partial charge in [-0.2, -0.15) is 8.42 Å². The van der Waals surface area contributed by atoms with Crippen LogP contribution in [0.4, 0.5) is 4.79 Å². The molecule has 0 spiro atoms. The summed E-state index contributed by atoms with van der Waals surface area (Å²) in [7, 11) is -3.98. The van der Waals surface area contributed by atoms with Crippen LogP contribution in [0.3, 0.4) is 0 Å². The molecule has 1 fully saturated rings. The second-order valence-electron chi connectivity index (χ2n) is 8.96. The molecule has 2 N–H and O–H groups in total. The van der Waals surface area contributed by atoms with E-state index in [2.05, 4.69) is 12.2 Å². The summed E-state index contributed by atoms with van der Waals surface area (Å²) in [5, 5.41) is 2.96. The maximum absolute atomic E-state index is 11.9. The van der Waals surface area contributed by atoms with E-state index in [0.29, 0.717) is 39.0 Å². The molecule has 1 aliphatic carbocycles. The average Bonchev–Trinajstić information content (AvgIpc) is 2.67. The Morgan fingerprint density at radius 3 is 1.94 bits per heavy atom. The Morgan fingerprint density at radius 1 is 0.938 bits per heavy atom. The van der Waals surface area contributed by atoms with Crippen LogP contribution in [-0.2, 0) is 33.8 Å². The van der Waals surface area contributed by atoms with Crippen molar-refractivity contribution < 1.29 is 41.4 Å². The minimum absolute atomic E-state index is 0.0594. The second-order valence-corrected chi connectivity index (χ2v) is 10.5. The van der Waals surface area contributed by atoms with Crippen LogP contribution in [0.5, 0.6) is 0 Å². The molecule has 1 atom stereocenters. The van der Waals surface area contributed by atoms with E-state index in [0.717, 1.165) is 25.7 Å². The molecule has 0 bridgehead atoms. The fourth-order valence-electron chi connectivity index (χ4n) is 3.34. The molecule has 10 nitrogen and oxygen atoms in total. The fourth-order valence-corrected chi connectivity index (χ4v) is 3.67. The van der Waals surface area contributed by atoms with Crippen molar-refractivity contribution in [2.45, 2.75) is 71.1 Å². The number of nitrogens with one attached hydrogen (secondary N) is 1. The predicted octanol–water partition coefficient (Wildman–Crippen LogP) is 2.41. The van der Waals surface area contributed by atoms with Gasteiger partial charge in [-0.1, -0.05) is 0 Å². The highest BCUT2D eigenvalue weighted by Gasteiger charge is 2.27. The Morgan fingerprint density at radius 2 is 1.44 bits per heavy atom. The van der Waals surface area contributed by atoms with Gasteiger partial charge >= 0.3 is 6.09 Å². The molecule has 1 amide bonds. The van der Waals surface area contributed by atoms with E-state index < -0.39 is 21.5 Å². The molecule has 32 heavy (non-hydrogen) atoms. The Labute approximate surface area is 192 Å². The zero-order valence-electron chi connectivity index (χ0n) is 19.8. The van der Waals surface area contributed by atoms with Crippen LogP contribution in [0.1, 0.15) is 53.4 Å². The second kappa shape index (κ2) is 15.0. The summed E-state index contributed by atoms with van der Waals surface area (Å²) in [4.78, 5) is 11.9. The molecule has 1 unspecified atom stereocenters. The lowest BCUT2D eigenvalue weighted by Crippen LogP contribution is -2.42. The highest BCUT2D eigenvalue weighted by Crippen LogP contribution is 2.28. The molecule has 190 valence electrons. The Kier molecular flexibility index (Phi) is 13.6. The van der Waals surface area contributed by atoms with E-state index in [1.54, 1.807) is 0 Å². The van der Waals surface area contributed by atoms with Gasteiger partial charge in [0.05, 0.1) is 58.1 Å². The first-order valence-corrected chi connectivity index (χ1v) is 12.9. The van der Waals surface area contributed by atoms with Crippen molar-refractivity contribution in [3.63, 3.8) is 0 Å². The fraction of sp³-hybridized carbons (Fsp3) is 0.952. The molecule has 0 aromatic rings. The van der Waals surface area contributed by atoms with Crippen LogP contribution in [0.2, 0.25) is 0 Å². The highest BCUT2D eigenvalue weighted by atomic mass is 32.2. The Bertz CT molecular complexity index is 613. The number of hydrogen-bond donors (Lipinski definition) is 2. The molecule has 0 saturated heterocycles. The number of carbonyl (C=O) groups is 1. The third-order valence-corrected chi connectivity index (χ3v) is 5.68. The van der Waals surface area contributed by atoms with Gasteiger partial charge in [-0.25, -0.2) is 4.79 Å². The molecule has 0 aromatic heterocycles. The lowest BCUT2D eigenvalue weighted by Gasteiger charge is -2.33. The molecular weight excluding hydrogens is 442 g/mol. The summed E-state index contributed by atoms with van der Waals surface area (Å²) in [6, 6.07) is 0.157. The van der Waals surface area contributed by atoms with E-state index >= 15 is 0 Å². The SMILES string of the molecule is CC(OCCOCCOCCOCCS(=O)(=O)O)C1CCC(NC(=O)OC(C)(C)C)CC1. The first kappa shape index (κ1) is 29.1. The highest BCUT2D eigenvalue weighted by molar-refractivity contribution is 7.85. The van der Waals surface area contributed by atoms with Crippen LogP contribution in [0, 0.1) is 5.92 Å². The number of ether oxygens (including phenoxy) is 5. The molecule has 11 heteroatoms. The zero-order valence-corrected chi connectivity index (χ0v) is 20.7. The minimum atomic E-state index is -3.98. The summed E-state index contributed by atoms with van der Waals surface area (Å²) in [6.45, 7) is 10.0. The number of amides is 1. The van der Waals surface area contributed by atoms with E-state index in [9.17, 15) is 13.2 Å². The largest absolute Gasteiger partial charge is 0.444 e.